The average molecular weight is 242 g/mol. The van der Waals surface area contributed by atoms with Gasteiger partial charge in [-0.05, 0) is 25.5 Å². The van der Waals surface area contributed by atoms with Crippen LogP contribution >= 0.6 is 0 Å². The van der Waals surface area contributed by atoms with E-state index in [0.717, 1.165) is 12.6 Å². The molecule has 1 aromatic heterocycles. The average Bonchev–Trinajstić information content (AvgIpc) is 2.37. The molecule has 0 aliphatic rings. The summed E-state index contributed by atoms with van der Waals surface area (Å²) in [6.45, 7) is 3.32. The highest BCUT2D eigenvalue weighted by molar-refractivity contribution is 5.10. The SMILES string of the molecule is CCC(NC(C)(CO)CO)c1ccc(F)cn1. The van der Waals surface area contributed by atoms with Crippen LogP contribution in [-0.4, -0.2) is 33.9 Å². The number of hydrogen-bond donors (Lipinski definition) is 3. The number of nitrogens with zero attached hydrogens (tertiary/aromatic N) is 1. The lowest BCUT2D eigenvalue weighted by Gasteiger charge is -2.31. The second-order valence-corrected chi connectivity index (χ2v) is 4.38. The Hall–Kier alpha value is -1.04. The van der Waals surface area contributed by atoms with Crippen molar-refractivity contribution in [2.24, 2.45) is 0 Å². The predicted molar refractivity (Wildman–Crippen MR) is 62.9 cm³/mol. The molecular formula is C12H19FN2O2. The van der Waals surface area contributed by atoms with E-state index < -0.39 is 5.54 Å². The Morgan fingerprint density at radius 2 is 2.06 bits per heavy atom. The van der Waals surface area contributed by atoms with Crippen molar-refractivity contribution < 1.29 is 14.6 Å². The predicted octanol–water partition coefficient (Wildman–Crippen LogP) is 1.00. The molecule has 3 N–H and O–H groups in total. The summed E-state index contributed by atoms with van der Waals surface area (Å²) in [6.07, 6.45) is 1.89. The summed E-state index contributed by atoms with van der Waals surface area (Å²) >= 11 is 0. The first-order valence-corrected chi connectivity index (χ1v) is 5.65. The minimum absolute atomic E-state index is 0.125. The number of rotatable bonds is 6. The van der Waals surface area contributed by atoms with Gasteiger partial charge in [-0.2, -0.15) is 0 Å². The fourth-order valence-electron chi connectivity index (χ4n) is 1.54. The van der Waals surface area contributed by atoms with Gasteiger partial charge in [-0.15, -0.1) is 0 Å². The van der Waals surface area contributed by atoms with Gasteiger partial charge < -0.3 is 10.2 Å². The monoisotopic (exact) mass is 242 g/mol. The van der Waals surface area contributed by atoms with E-state index in [0.29, 0.717) is 5.69 Å². The molecule has 0 bridgehead atoms. The fourth-order valence-corrected chi connectivity index (χ4v) is 1.54. The maximum Gasteiger partial charge on any atom is 0.141 e. The van der Waals surface area contributed by atoms with Crippen molar-refractivity contribution in [3.63, 3.8) is 0 Å². The van der Waals surface area contributed by atoms with Gasteiger partial charge in [0.2, 0.25) is 0 Å². The number of pyridine rings is 1. The number of halogens is 1. The molecule has 0 aliphatic heterocycles. The van der Waals surface area contributed by atoms with Gasteiger partial charge >= 0.3 is 0 Å². The molecule has 0 aromatic carbocycles. The van der Waals surface area contributed by atoms with Gasteiger partial charge in [0.05, 0.1) is 30.6 Å². The van der Waals surface area contributed by atoms with Crippen LogP contribution in [0.2, 0.25) is 0 Å². The molecule has 0 saturated carbocycles. The van der Waals surface area contributed by atoms with Crippen molar-refractivity contribution in [2.45, 2.75) is 31.8 Å². The molecule has 1 atom stereocenters. The summed E-state index contributed by atoms with van der Waals surface area (Å²) in [5, 5.41) is 21.6. The second kappa shape index (κ2) is 6.05. The molecule has 0 amide bonds. The quantitative estimate of drug-likeness (QED) is 0.696. The van der Waals surface area contributed by atoms with E-state index in [9.17, 15) is 14.6 Å². The maximum absolute atomic E-state index is 12.8. The lowest BCUT2D eigenvalue weighted by molar-refractivity contribution is 0.0927. The van der Waals surface area contributed by atoms with Crippen molar-refractivity contribution >= 4 is 0 Å². The third-order valence-electron chi connectivity index (χ3n) is 2.74. The Morgan fingerprint density at radius 1 is 1.41 bits per heavy atom. The first-order chi connectivity index (χ1) is 8.04. The van der Waals surface area contributed by atoms with Crippen LogP contribution in [0.3, 0.4) is 0 Å². The molecule has 1 heterocycles. The topological polar surface area (TPSA) is 65.4 Å². The van der Waals surface area contributed by atoms with Crippen molar-refractivity contribution in [1.29, 1.82) is 0 Å². The summed E-state index contributed by atoms with van der Waals surface area (Å²) in [5.74, 6) is -0.379. The van der Waals surface area contributed by atoms with Gasteiger partial charge in [-0.1, -0.05) is 6.92 Å². The smallest absolute Gasteiger partial charge is 0.141 e. The summed E-state index contributed by atoms with van der Waals surface area (Å²) in [6, 6.07) is 2.83. The third kappa shape index (κ3) is 3.73. The van der Waals surface area contributed by atoms with Crippen LogP contribution in [0, 0.1) is 5.82 Å². The Bertz CT molecular complexity index is 339. The number of nitrogens with one attached hydrogen (secondary N) is 1. The highest BCUT2D eigenvalue weighted by Gasteiger charge is 2.26. The standard InChI is InChI=1S/C12H19FN2O2/c1-3-10(15-12(2,7-16)8-17)11-5-4-9(13)6-14-11/h4-6,10,15-17H,3,7-8H2,1-2H3. The lowest BCUT2D eigenvalue weighted by atomic mass is 10.0. The van der Waals surface area contributed by atoms with Crippen LogP contribution in [-0.2, 0) is 0 Å². The fraction of sp³-hybridized carbons (Fsp3) is 0.583. The van der Waals surface area contributed by atoms with E-state index in [-0.39, 0.29) is 25.1 Å². The van der Waals surface area contributed by atoms with Crippen LogP contribution < -0.4 is 5.32 Å². The minimum Gasteiger partial charge on any atom is -0.394 e. The molecule has 0 spiro atoms. The molecule has 0 saturated heterocycles. The molecule has 96 valence electrons. The highest BCUT2D eigenvalue weighted by atomic mass is 19.1. The molecule has 0 radical (unpaired) electrons. The van der Waals surface area contributed by atoms with Crippen molar-refractivity contribution in [1.82, 2.24) is 10.3 Å². The maximum atomic E-state index is 12.8. The zero-order chi connectivity index (χ0) is 12.9. The first-order valence-electron chi connectivity index (χ1n) is 5.65. The Balaban J connectivity index is 2.81. The molecule has 4 nitrogen and oxygen atoms in total. The Kier molecular flexibility index (Phi) is 4.99. The summed E-state index contributed by atoms with van der Waals surface area (Å²) < 4.78 is 12.8. The molecule has 1 rings (SSSR count). The molecular weight excluding hydrogens is 223 g/mol. The molecule has 5 heteroatoms. The molecule has 0 fully saturated rings. The van der Waals surface area contributed by atoms with E-state index in [1.54, 1.807) is 13.0 Å². The van der Waals surface area contributed by atoms with Gasteiger partial charge in [0.1, 0.15) is 5.82 Å². The Morgan fingerprint density at radius 3 is 2.47 bits per heavy atom. The number of hydrogen-bond acceptors (Lipinski definition) is 4. The van der Waals surface area contributed by atoms with Crippen molar-refractivity contribution in [3.8, 4) is 0 Å². The molecule has 17 heavy (non-hydrogen) atoms. The van der Waals surface area contributed by atoms with E-state index in [2.05, 4.69) is 10.3 Å². The van der Waals surface area contributed by atoms with E-state index in [1.165, 1.54) is 6.07 Å². The third-order valence-corrected chi connectivity index (χ3v) is 2.74. The van der Waals surface area contributed by atoms with Gasteiger partial charge in [0.15, 0.2) is 0 Å². The van der Waals surface area contributed by atoms with Crippen LogP contribution in [0.4, 0.5) is 4.39 Å². The first kappa shape index (κ1) is 14.0. The van der Waals surface area contributed by atoms with Gasteiger partial charge in [0.25, 0.3) is 0 Å². The van der Waals surface area contributed by atoms with Crippen LogP contribution in [0.25, 0.3) is 0 Å². The van der Waals surface area contributed by atoms with Gasteiger partial charge in [0, 0.05) is 6.04 Å². The van der Waals surface area contributed by atoms with Crippen molar-refractivity contribution in [2.75, 3.05) is 13.2 Å². The number of aliphatic hydroxyl groups is 2. The lowest BCUT2D eigenvalue weighted by Crippen LogP contribution is -2.50. The van der Waals surface area contributed by atoms with E-state index in [1.807, 2.05) is 6.92 Å². The summed E-state index contributed by atoms with van der Waals surface area (Å²) in [7, 11) is 0. The zero-order valence-corrected chi connectivity index (χ0v) is 10.2. The number of aliphatic hydroxyl groups excluding tert-OH is 2. The minimum atomic E-state index is -0.767. The van der Waals surface area contributed by atoms with Crippen LogP contribution in [0.15, 0.2) is 18.3 Å². The molecule has 1 unspecified atom stereocenters. The largest absolute Gasteiger partial charge is 0.394 e. The Labute approximate surface area is 101 Å². The zero-order valence-electron chi connectivity index (χ0n) is 10.2. The second-order valence-electron chi connectivity index (χ2n) is 4.38. The molecule has 1 aromatic rings. The van der Waals surface area contributed by atoms with E-state index >= 15 is 0 Å². The van der Waals surface area contributed by atoms with Gasteiger partial charge in [-0.3, -0.25) is 10.3 Å². The number of aromatic nitrogens is 1. The summed E-state index contributed by atoms with van der Waals surface area (Å²) in [5.41, 5.74) is -0.0708. The van der Waals surface area contributed by atoms with Crippen molar-refractivity contribution in [3.05, 3.63) is 29.8 Å². The van der Waals surface area contributed by atoms with E-state index in [4.69, 9.17) is 0 Å². The molecule has 0 aliphatic carbocycles. The van der Waals surface area contributed by atoms with Gasteiger partial charge in [-0.25, -0.2) is 4.39 Å². The van der Waals surface area contributed by atoms with Crippen LogP contribution in [0.1, 0.15) is 32.0 Å². The highest BCUT2D eigenvalue weighted by Crippen LogP contribution is 2.18. The van der Waals surface area contributed by atoms with Crippen LogP contribution in [0.5, 0.6) is 0 Å². The normalized spacial score (nSPS) is 13.7. The summed E-state index contributed by atoms with van der Waals surface area (Å²) in [4.78, 5) is 4.00.